The van der Waals surface area contributed by atoms with Crippen LogP contribution in [0.3, 0.4) is 0 Å². The Morgan fingerprint density at radius 2 is 2.04 bits per heavy atom. The number of fused-ring (bicyclic) bond motifs is 1. The van der Waals surface area contributed by atoms with E-state index >= 15 is 0 Å². The fourth-order valence-electron chi connectivity index (χ4n) is 2.74. The molecule has 0 spiro atoms. The molecule has 0 saturated heterocycles. The van der Waals surface area contributed by atoms with Crippen molar-refractivity contribution in [3.05, 3.63) is 42.4 Å². The number of furan rings is 1. The number of ether oxygens (including phenoxy) is 1. The SMILES string of the molecule is CCN(CC)CCN(C(=O)c1ccco1)c1nc2cc(OC)ccc2s1. The normalized spacial score (nSPS) is 11.2. The summed E-state index contributed by atoms with van der Waals surface area (Å²) in [5.41, 5.74) is 0.824. The molecule has 0 aliphatic carbocycles. The summed E-state index contributed by atoms with van der Waals surface area (Å²) >= 11 is 1.50. The van der Waals surface area contributed by atoms with Crippen molar-refractivity contribution < 1.29 is 13.9 Å². The predicted molar refractivity (Wildman–Crippen MR) is 104 cm³/mol. The lowest BCUT2D eigenvalue weighted by Gasteiger charge is -2.24. The van der Waals surface area contributed by atoms with E-state index in [1.54, 1.807) is 24.1 Å². The van der Waals surface area contributed by atoms with Gasteiger partial charge in [0.2, 0.25) is 0 Å². The molecule has 26 heavy (non-hydrogen) atoms. The average Bonchev–Trinajstić information content (AvgIpc) is 3.33. The Morgan fingerprint density at radius 1 is 1.23 bits per heavy atom. The molecular weight excluding hydrogens is 350 g/mol. The van der Waals surface area contributed by atoms with Gasteiger partial charge in [-0.15, -0.1) is 0 Å². The zero-order valence-corrected chi connectivity index (χ0v) is 16.1. The van der Waals surface area contributed by atoms with Gasteiger partial charge in [-0.1, -0.05) is 25.2 Å². The molecule has 0 aliphatic heterocycles. The molecule has 7 heteroatoms. The quantitative estimate of drug-likeness (QED) is 0.600. The number of hydrogen-bond acceptors (Lipinski definition) is 6. The van der Waals surface area contributed by atoms with Crippen molar-refractivity contribution in [2.75, 3.05) is 38.2 Å². The summed E-state index contributed by atoms with van der Waals surface area (Å²) in [6.45, 7) is 7.45. The molecule has 0 aliphatic rings. The second-order valence-corrected chi connectivity index (χ2v) is 6.80. The van der Waals surface area contributed by atoms with Crippen LogP contribution in [-0.4, -0.2) is 49.1 Å². The highest BCUT2D eigenvalue weighted by Gasteiger charge is 2.23. The first-order valence-electron chi connectivity index (χ1n) is 8.68. The molecule has 2 heterocycles. The minimum Gasteiger partial charge on any atom is -0.497 e. The van der Waals surface area contributed by atoms with Crippen LogP contribution in [0, 0.1) is 0 Å². The van der Waals surface area contributed by atoms with Crippen molar-refractivity contribution in [2.45, 2.75) is 13.8 Å². The average molecular weight is 373 g/mol. The lowest BCUT2D eigenvalue weighted by Crippen LogP contribution is -2.38. The molecule has 0 fully saturated rings. The minimum atomic E-state index is -0.173. The maximum absolute atomic E-state index is 13.0. The molecule has 0 atom stereocenters. The first kappa shape index (κ1) is 18.4. The van der Waals surface area contributed by atoms with Crippen molar-refractivity contribution in [3.63, 3.8) is 0 Å². The number of thiazole rings is 1. The second kappa shape index (κ2) is 8.33. The van der Waals surface area contributed by atoms with Crippen molar-refractivity contribution >= 4 is 32.6 Å². The van der Waals surface area contributed by atoms with Gasteiger partial charge in [0.15, 0.2) is 10.9 Å². The Hall–Kier alpha value is -2.38. The summed E-state index contributed by atoms with van der Waals surface area (Å²) < 4.78 is 11.6. The highest BCUT2D eigenvalue weighted by Crippen LogP contribution is 2.32. The van der Waals surface area contributed by atoms with Gasteiger partial charge in [-0.3, -0.25) is 9.69 Å². The number of nitrogens with zero attached hydrogens (tertiary/aromatic N) is 3. The third kappa shape index (κ3) is 3.89. The molecule has 2 aromatic heterocycles. The zero-order chi connectivity index (χ0) is 18.5. The van der Waals surface area contributed by atoms with Gasteiger partial charge in [-0.25, -0.2) is 4.98 Å². The number of likely N-dealkylation sites (N-methyl/N-ethyl adjacent to an activating group) is 1. The smallest absolute Gasteiger partial charge is 0.295 e. The van der Waals surface area contributed by atoms with Gasteiger partial charge < -0.3 is 14.1 Å². The van der Waals surface area contributed by atoms with Gasteiger partial charge in [-0.05, 0) is 37.4 Å². The Balaban J connectivity index is 1.92. The van der Waals surface area contributed by atoms with Crippen LogP contribution in [0.2, 0.25) is 0 Å². The van der Waals surface area contributed by atoms with Gasteiger partial charge in [-0.2, -0.15) is 0 Å². The second-order valence-electron chi connectivity index (χ2n) is 5.79. The summed E-state index contributed by atoms with van der Waals surface area (Å²) in [4.78, 5) is 21.6. The zero-order valence-electron chi connectivity index (χ0n) is 15.3. The monoisotopic (exact) mass is 373 g/mol. The topological polar surface area (TPSA) is 58.8 Å². The molecule has 1 aromatic carbocycles. The molecule has 6 nitrogen and oxygen atoms in total. The number of hydrogen-bond donors (Lipinski definition) is 0. The van der Waals surface area contributed by atoms with Crippen molar-refractivity contribution in [1.82, 2.24) is 9.88 Å². The van der Waals surface area contributed by atoms with Crippen LogP contribution in [0.25, 0.3) is 10.2 Å². The fourth-order valence-corrected chi connectivity index (χ4v) is 3.71. The van der Waals surface area contributed by atoms with E-state index in [-0.39, 0.29) is 5.91 Å². The summed E-state index contributed by atoms with van der Waals surface area (Å²) in [7, 11) is 1.63. The van der Waals surface area contributed by atoms with Gasteiger partial charge in [0.1, 0.15) is 5.75 Å². The van der Waals surface area contributed by atoms with Crippen molar-refractivity contribution in [3.8, 4) is 5.75 Å². The summed E-state index contributed by atoms with van der Waals surface area (Å²) in [6, 6.07) is 9.16. The number of rotatable bonds is 8. The number of amides is 1. The van der Waals surface area contributed by atoms with Crippen LogP contribution in [0.5, 0.6) is 5.75 Å². The summed E-state index contributed by atoms with van der Waals surface area (Å²) in [6.07, 6.45) is 1.51. The van der Waals surface area contributed by atoms with E-state index in [4.69, 9.17) is 9.15 Å². The lowest BCUT2D eigenvalue weighted by atomic mass is 10.3. The number of methoxy groups -OCH3 is 1. The van der Waals surface area contributed by atoms with Gasteiger partial charge >= 0.3 is 0 Å². The molecule has 0 N–H and O–H groups in total. The fraction of sp³-hybridized carbons (Fsp3) is 0.368. The van der Waals surface area contributed by atoms with Crippen molar-refractivity contribution in [1.29, 1.82) is 0 Å². The molecule has 1 amide bonds. The van der Waals surface area contributed by atoms with Crippen LogP contribution < -0.4 is 9.64 Å². The number of anilines is 1. The van der Waals surface area contributed by atoms with E-state index in [9.17, 15) is 4.79 Å². The van der Waals surface area contributed by atoms with E-state index in [0.29, 0.717) is 17.4 Å². The maximum Gasteiger partial charge on any atom is 0.295 e. The standard InChI is InChI=1S/C19H23N3O3S/c1-4-21(5-2)10-11-22(18(23)16-7-6-12-25-16)19-20-15-13-14(24-3)8-9-17(15)26-19/h6-9,12-13H,4-5,10-11H2,1-3H3. The molecule has 3 rings (SSSR count). The number of aromatic nitrogens is 1. The van der Waals surface area contributed by atoms with Crippen molar-refractivity contribution in [2.24, 2.45) is 0 Å². The highest BCUT2D eigenvalue weighted by atomic mass is 32.1. The Kier molecular flexibility index (Phi) is 5.90. The van der Waals surface area contributed by atoms with Crippen LogP contribution in [0.15, 0.2) is 41.0 Å². The van der Waals surface area contributed by atoms with E-state index in [0.717, 1.165) is 35.6 Å². The first-order valence-corrected chi connectivity index (χ1v) is 9.50. The van der Waals surface area contributed by atoms with Gasteiger partial charge in [0.05, 0.1) is 23.6 Å². The molecule has 0 radical (unpaired) electrons. The molecule has 0 unspecified atom stereocenters. The predicted octanol–water partition coefficient (Wildman–Crippen LogP) is 3.89. The minimum absolute atomic E-state index is 0.173. The van der Waals surface area contributed by atoms with Gasteiger partial charge in [0, 0.05) is 19.2 Å². The summed E-state index contributed by atoms with van der Waals surface area (Å²) in [5, 5.41) is 0.668. The maximum atomic E-state index is 13.0. The van der Waals surface area contributed by atoms with E-state index in [1.165, 1.54) is 17.6 Å². The van der Waals surface area contributed by atoms with E-state index in [2.05, 4.69) is 23.7 Å². The molecule has 3 aromatic rings. The third-order valence-corrected chi connectivity index (χ3v) is 5.39. The van der Waals surface area contributed by atoms with Crippen LogP contribution in [-0.2, 0) is 0 Å². The van der Waals surface area contributed by atoms with Crippen LogP contribution in [0.4, 0.5) is 5.13 Å². The Bertz CT molecular complexity index is 856. The first-order chi connectivity index (χ1) is 12.7. The number of carbonyl (C=O) groups excluding carboxylic acids is 1. The van der Waals surface area contributed by atoms with Crippen LogP contribution in [0.1, 0.15) is 24.4 Å². The number of benzene rings is 1. The van der Waals surface area contributed by atoms with Gasteiger partial charge in [0.25, 0.3) is 5.91 Å². The summed E-state index contributed by atoms with van der Waals surface area (Å²) in [5.74, 6) is 0.899. The Morgan fingerprint density at radius 3 is 2.69 bits per heavy atom. The third-order valence-electron chi connectivity index (χ3n) is 4.33. The Labute approximate surface area is 157 Å². The number of carbonyl (C=O) groups is 1. The molecule has 0 bridgehead atoms. The van der Waals surface area contributed by atoms with Crippen LogP contribution >= 0.6 is 11.3 Å². The van der Waals surface area contributed by atoms with E-state index < -0.39 is 0 Å². The van der Waals surface area contributed by atoms with E-state index in [1.807, 2.05) is 18.2 Å². The highest BCUT2D eigenvalue weighted by molar-refractivity contribution is 7.22. The molecular formula is C19H23N3O3S. The molecule has 138 valence electrons. The lowest BCUT2D eigenvalue weighted by molar-refractivity contribution is 0.0957. The largest absolute Gasteiger partial charge is 0.497 e. The molecule has 0 saturated carbocycles.